The van der Waals surface area contributed by atoms with Crippen LogP contribution >= 0.6 is 0 Å². The summed E-state index contributed by atoms with van der Waals surface area (Å²) in [5.41, 5.74) is 0.654. The number of phenolic OH excluding ortho intramolecular Hbond substituents is 1. The van der Waals surface area contributed by atoms with Crippen LogP contribution in [-0.2, 0) is 6.54 Å². The van der Waals surface area contributed by atoms with Gasteiger partial charge < -0.3 is 25.5 Å². The van der Waals surface area contributed by atoms with Crippen LogP contribution in [0.2, 0.25) is 0 Å². The fourth-order valence-electron chi connectivity index (χ4n) is 4.40. The summed E-state index contributed by atoms with van der Waals surface area (Å²) in [5, 5.41) is 31.2. The average Bonchev–Trinajstić information content (AvgIpc) is 2.99. The molecular formula is C20H29FN2O4. The molecule has 4 N–H and O–H groups in total. The maximum absolute atomic E-state index is 14.1. The van der Waals surface area contributed by atoms with Crippen molar-refractivity contribution < 1.29 is 24.5 Å². The third-order valence-electron chi connectivity index (χ3n) is 6.09. The topological polar surface area (TPSA) is 93.0 Å². The molecule has 1 amide bonds. The van der Waals surface area contributed by atoms with E-state index in [1.807, 2.05) is 0 Å². The highest BCUT2D eigenvalue weighted by atomic mass is 19.1. The Bertz CT molecular complexity index is 672. The number of aliphatic hydroxyl groups is 2. The Balaban J connectivity index is 1.52. The zero-order valence-electron chi connectivity index (χ0n) is 15.7. The van der Waals surface area contributed by atoms with Crippen molar-refractivity contribution in [1.29, 1.82) is 0 Å². The van der Waals surface area contributed by atoms with Gasteiger partial charge in [-0.25, -0.2) is 4.39 Å². The second-order valence-corrected chi connectivity index (χ2v) is 7.92. The first-order valence-electron chi connectivity index (χ1n) is 9.72. The van der Waals surface area contributed by atoms with Crippen LogP contribution in [0, 0.1) is 17.7 Å². The molecule has 150 valence electrons. The molecule has 1 fully saturated rings. The van der Waals surface area contributed by atoms with Gasteiger partial charge in [-0.15, -0.1) is 0 Å². The van der Waals surface area contributed by atoms with E-state index in [-0.39, 0.29) is 36.8 Å². The average molecular weight is 380 g/mol. The standard InChI is InChI=1S/C20H29FN2O4/c1-12(22-16(10-24)11-25)14-4-2-13(3-5-14)8-23-9-15-6-7-17(26)19(21)18(15)20(23)27/h6-7,12-14,16,22,24-26H,2-5,8-11H2,1H3. The van der Waals surface area contributed by atoms with E-state index < -0.39 is 11.6 Å². The molecule has 0 spiro atoms. The number of amides is 1. The molecule has 1 heterocycles. The second-order valence-electron chi connectivity index (χ2n) is 7.92. The summed E-state index contributed by atoms with van der Waals surface area (Å²) in [4.78, 5) is 14.2. The van der Waals surface area contributed by atoms with Crippen molar-refractivity contribution in [3.05, 3.63) is 29.1 Å². The maximum Gasteiger partial charge on any atom is 0.257 e. The van der Waals surface area contributed by atoms with Gasteiger partial charge in [-0.05, 0) is 56.1 Å². The molecule has 1 aromatic carbocycles. The van der Waals surface area contributed by atoms with Crippen molar-refractivity contribution in [3.63, 3.8) is 0 Å². The van der Waals surface area contributed by atoms with Crippen LogP contribution in [0.4, 0.5) is 4.39 Å². The highest BCUT2D eigenvalue weighted by Crippen LogP contribution is 2.35. The van der Waals surface area contributed by atoms with E-state index in [2.05, 4.69) is 12.2 Å². The molecule has 3 rings (SSSR count). The third-order valence-corrected chi connectivity index (χ3v) is 6.09. The molecule has 6 nitrogen and oxygen atoms in total. The van der Waals surface area contributed by atoms with Gasteiger partial charge in [0.1, 0.15) is 0 Å². The summed E-state index contributed by atoms with van der Waals surface area (Å²) in [5.74, 6) is -0.761. The Morgan fingerprint density at radius 1 is 1.22 bits per heavy atom. The van der Waals surface area contributed by atoms with E-state index in [4.69, 9.17) is 0 Å². The lowest BCUT2D eigenvalue weighted by Crippen LogP contribution is -2.46. The van der Waals surface area contributed by atoms with Gasteiger partial charge in [-0.2, -0.15) is 0 Å². The van der Waals surface area contributed by atoms with Crippen molar-refractivity contribution in [3.8, 4) is 5.75 Å². The van der Waals surface area contributed by atoms with Gasteiger partial charge in [0.05, 0.1) is 24.8 Å². The van der Waals surface area contributed by atoms with E-state index >= 15 is 0 Å². The van der Waals surface area contributed by atoms with Crippen molar-refractivity contribution in [2.75, 3.05) is 19.8 Å². The van der Waals surface area contributed by atoms with Crippen LogP contribution in [0.3, 0.4) is 0 Å². The summed E-state index contributed by atoms with van der Waals surface area (Å²) in [6, 6.07) is 2.85. The van der Waals surface area contributed by atoms with Gasteiger partial charge in [0.15, 0.2) is 11.6 Å². The molecule has 1 aromatic rings. The maximum atomic E-state index is 14.1. The fourth-order valence-corrected chi connectivity index (χ4v) is 4.40. The van der Waals surface area contributed by atoms with Gasteiger partial charge in [0.25, 0.3) is 5.91 Å². The minimum Gasteiger partial charge on any atom is -0.505 e. The zero-order chi connectivity index (χ0) is 19.6. The molecule has 27 heavy (non-hydrogen) atoms. The number of hydrogen-bond donors (Lipinski definition) is 4. The number of halogens is 1. The molecule has 7 heteroatoms. The molecule has 0 saturated heterocycles. The molecule has 1 saturated carbocycles. The van der Waals surface area contributed by atoms with Gasteiger partial charge in [0.2, 0.25) is 0 Å². The Morgan fingerprint density at radius 2 is 1.89 bits per heavy atom. The molecule has 1 aliphatic carbocycles. The van der Waals surface area contributed by atoms with Gasteiger partial charge in [0, 0.05) is 19.1 Å². The number of fused-ring (bicyclic) bond motifs is 1. The SMILES string of the molecule is CC(NC(CO)CO)C1CCC(CN2Cc3ccc(O)c(F)c3C2=O)CC1. The molecular weight excluding hydrogens is 351 g/mol. The predicted octanol–water partition coefficient (Wildman–Crippen LogP) is 1.62. The molecule has 0 radical (unpaired) electrons. The second kappa shape index (κ2) is 8.54. The minimum absolute atomic E-state index is 0.0144. The van der Waals surface area contributed by atoms with Gasteiger partial charge in [-0.1, -0.05) is 6.07 Å². The Hall–Kier alpha value is -1.70. The lowest BCUT2D eigenvalue weighted by Gasteiger charge is -2.35. The zero-order valence-corrected chi connectivity index (χ0v) is 15.7. The van der Waals surface area contributed by atoms with Crippen LogP contribution in [0.5, 0.6) is 5.75 Å². The lowest BCUT2D eigenvalue weighted by molar-refractivity contribution is 0.0718. The first kappa shape index (κ1) is 20.0. The summed E-state index contributed by atoms with van der Waals surface area (Å²) in [6.45, 7) is 2.93. The predicted molar refractivity (Wildman–Crippen MR) is 98.8 cm³/mol. The number of benzene rings is 1. The summed E-state index contributed by atoms with van der Waals surface area (Å²) >= 11 is 0. The van der Waals surface area contributed by atoms with E-state index in [1.165, 1.54) is 6.07 Å². The van der Waals surface area contributed by atoms with Crippen molar-refractivity contribution in [2.45, 2.75) is 51.2 Å². The van der Waals surface area contributed by atoms with Crippen molar-refractivity contribution >= 4 is 5.91 Å². The van der Waals surface area contributed by atoms with Gasteiger partial charge >= 0.3 is 0 Å². The molecule has 1 atom stereocenters. The normalized spacial score (nSPS) is 23.7. The summed E-state index contributed by atoms with van der Waals surface area (Å²) < 4.78 is 14.1. The minimum atomic E-state index is -0.814. The Kier molecular flexibility index (Phi) is 6.34. The molecule has 1 unspecified atom stereocenters. The number of nitrogens with one attached hydrogen (secondary N) is 1. The molecule has 0 bridgehead atoms. The van der Waals surface area contributed by atoms with Crippen LogP contribution in [0.15, 0.2) is 12.1 Å². The van der Waals surface area contributed by atoms with Crippen LogP contribution in [-0.4, -0.2) is 58.0 Å². The van der Waals surface area contributed by atoms with Crippen LogP contribution in [0.25, 0.3) is 0 Å². The first-order valence-corrected chi connectivity index (χ1v) is 9.72. The first-order chi connectivity index (χ1) is 12.9. The number of rotatable bonds is 7. The van der Waals surface area contributed by atoms with Crippen LogP contribution in [0.1, 0.15) is 48.5 Å². The van der Waals surface area contributed by atoms with E-state index in [9.17, 15) is 24.5 Å². The van der Waals surface area contributed by atoms with Crippen LogP contribution < -0.4 is 5.32 Å². The number of nitrogens with zero attached hydrogens (tertiary/aromatic N) is 1. The largest absolute Gasteiger partial charge is 0.505 e. The molecule has 1 aliphatic heterocycles. The monoisotopic (exact) mass is 380 g/mol. The summed E-state index contributed by atoms with van der Waals surface area (Å²) in [7, 11) is 0. The van der Waals surface area contributed by atoms with Crippen molar-refractivity contribution in [1.82, 2.24) is 10.2 Å². The Labute approximate surface area is 159 Å². The Morgan fingerprint density at radius 3 is 2.52 bits per heavy atom. The highest BCUT2D eigenvalue weighted by Gasteiger charge is 2.34. The molecule has 2 aliphatic rings. The highest BCUT2D eigenvalue weighted by molar-refractivity contribution is 5.99. The number of phenols is 1. The smallest absolute Gasteiger partial charge is 0.257 e. The number of aromatic hydroxyl groups is 1. The number of aliphatic hydroxyl groups excluding tert-OH is 2. The summed E-state index contributed by atoms with van der Waals surface area (Å²) in [6.07, 6.45) is 4.03. The molecule has 0 aromatic heterocycles. The van der Waals surface area contributed by atoms with E-state index in [1.54, 1.807) is 11.0 Å². The fraction of sp³-hybridized carbons (Fsp3) is 0.650. The quantitative estimate of drug-likeness (QED) is 0.577. The van der Waals surface area contributed by atoms with E-state index in [0.717, 1.165) is 25.7 Å². The lowest BCUT2D eigenvalue weighted by atomic mass is 9.78. The van der Waals surface area contributed by atoms with E-state index in [0.29, 0.717) is 30.5 Å². The number of hydrogen-bond acceptors (Lipinski definition) is 5. The van der Waals surface area contributed by atoms with Gasteiger partial charge in [-0.3, -0.25) is 4.79 Å². The number of carbonyl (C=O) groups is 1. The number of carbonyl (C=O) groups excluding carboxylic acids is 1. The third kappa shape index (κ3) is 4.25. The van der Waals surface area contributed by atoms with Crippen molar-refractivity contribution in [2.24, 2.45) is 11.8 Å².